The zero-order valence-corrected chi connectivity index (χ0v) is 11.7. The number of carbonyl (C=O) groups excluding carboxylic acids is 1. The van der Waals surface area contributed by atoms with Crippen LogP contribution in [0, 0.1) is 0 Å². The molecule has 20 heavy (non-hydrogen) atoms. The van der Waals surface area contributed by atoms with Crippen molar-refractivity contribution < 1.29 is 9.53 Å². The highest BCUT2D eigenvalue weighted by molar-refractivity contribution is 6.32. The van der Waals surface area contributed by atoms with Gasteiger partial charge in [-0.25, -0.2) is 4.98 Å². The van der Waals surface area contributed by atoms with Crippen molar-refractivity contribution in [2.75, 3.05) is 19.0 Å². The first-order valence-corrected chi connectivity index (χ1v) is 6.38. The number of halogens is 1. The number of nitrogens with zero attached hydrogens (tertiary/aromatic N) is 2. The Hall–Kier alpha value is -2.05. The second kappa shape index (κ2) is 6.40. The Morgan fingerprint density at radius 3 is 3.00 bits per heavy atom. The Balaban J connectivity index is 2.08. The monoisotopic (exact) mass is 294 g/mol. The highest BCUT2D eigenvalue weighted by Crippen LogP contribution is 2.27. The van der Waals surface area contributed by atoms with E-state index in [1.54, 1.807) is 35.3 Å². The van der Waals surface area contributed by atoms with Gasteiger partial charge in [-0.1, -0.05) is 11.6 Å². The Morgan fingerprint density at radius 2 is 2.35 bits per heavy atom. The molecule has 0 radical (unpaired) electrons. The lowest BCUT2D eigenvalue weighted by molar-refractivity contribution is 0.102. The van der Waals surface area contributed by atoms with Gasteiger partial charge in [-0.15, -0.1) is 0 Å². The number of hydrogen-bond donors (Lipinski definition) is 2. The van der Waals surface area contributed by atoms with Crippen molar-refractivity contribution in [2.24, 2.45) is 5.73 Å². The van der Waals surface area contributed by atoms with Crippen LogP contribution < -0.4 is 15.8 Å². The van der Waals surface area contributed by atoms with Gasteiger partial charge in [-0.2, -0.15) is 0 Å². The van der Waals surface area contributed by atoms with Crippen molar-refractivity contribution in [3.8, 4) is 5.75 Å². The molecule has 0 aliphatic rings. The maximum absolute atomic E-state index is 12.0. The number of ether oxygens (including phenoxy) is 1. The second-order valence-corrected chi connectivity index (χ2v) is 4.50. The van der Waals surface area contributed by atoms with Gasteiger partial charge in [0.1, 0.15) is 11.4 Å². The van der Waals surface area contributed by atoms with Crippen molar-refractivity contribution >= 4 is 23.2 Å². The van der Waals surface area contributed by atoms with E-state index >= 15 is 0 Å². The maximum Gasteiger partial charge on any atom is 0.275 e. The number of amides is 1. The van der Waals surface area contributed by atoms with E-state index in [0.29, 0.717) is 35.2 Å². The van der Waals surface area contributed by atoms with E-state index in [4.69, 9.17) is 22.1 Å². The predicted octanol–water partition coefficient (Wildman–Crippen LogP) is 1.76. The molecule has 7 heteroatoms. The first kappa shape index (κ1) is 14.4. The SMILES string of the molecule is COc1ccc(NC(=O)c2cn(CCN)cn2)cc1Cl. The highest BCUT2D eigenvalue weighted by atomic mass is 35.5. The first-order valence-electron chi connectivity index (χ1n) is 6.00. The number of benzene rings is 1. The number of imidazole rings is 1. The van der Waals surface area contributed by atoms with Gasteiger partial charge in [-0.05, 0) is 18.2 Å². The third-order valence-corrected chi connectivity index (χ3v) is 2.96. The molecule has 0 aliphatic heterocycles. The third-order valence-electron chi connectivity index (χ3n) is 2.66. The zero-order valence-electron chi connectivity index (χ0n) is 11.0. The molecule has 106 valence electrons. The second-order valence-electron chi connectivity index (χ2n) is 4.09. The smallest absolute Gasteiger partial charge is 0.275 e. The molecule has 3 N–H and O–H groups in total. The van der Waals surface area contributed by atoms with Crippen molar-refractivity contribution in [1.29, 1.82) is 0 Å². The quantitative estimate of drug-likeness (QED) is 0.880. The van der Waals surface area contributed by atoms with Crippen LogP contribution in [0.4, 0.5) is 5.69 Å². The average Bonchev–Trinajstić information content (AvgIpc) is 2.88. The number of anilines is 1. The minimum atomic E-state index is -0.304. The van der Waals surface area contributed by atoms with Crippen molar-refractivity contribution in [2.45, 2.75) is 6.54 Å². The summed E-state index contributed by atoms with van der Waals surface area (Å²) in [4.78, 5) is 16.0. The molecule has 1 aromatic heterocycles. The molecule has 0 bridgehead atoms. The van der Waals surface area contributed by atoms with Crippen LogP contribution >= 0.6 is 11.6 Å². The number of nitrogens with one attached hydrogen (secondary N) is 1. The molecule has 0 fully saturated rings. The Morgan fingerprint density at radius 1 is 1.55 bits per heavy atom. The number of methoxy groups -OCH3 is 1. The van der Waals surface area contributed by atoms with Crippen molar-refractivity contribution in [3.63, 3.8) is 0 Å². The summed E-state index contributed by atoms with van der Waals surface area (Å²) in [6, 6.07) is 5.01. The summed E-state index contributed by atoms with van der Waals surface area (Å²) in [5, 5.41) is 3.15. The molecule has 1 aromatic carbocycles. The lowest BCUT2D eigenvalue weighted by Crippen LogP contribution is -2.12. The molecule has 0 spiro atoms. The summed E-state index contributed by atoms with van der Waals surface area (Å²) in [5.41, 5.74) is 6.34. The first-order chi connectivity index (χ1) is 9.63. The molecule has 0 saturated heterocycles. The Bertz CT molecular complexity index is 612. The van der Waals surface area contributed by atoms with Gasteiger partial charge < -0.3 is 20.4 Å². The van der Waals surface area contributed by atoms with E-state index in [2.05, 4.69) is 10.3 Å². The fourth-order valence-corrected chi connectivity index (χ4v) is 1.95. The number of carbonyl (C=O) groups is 1. The summed E-state index contributed by atoms with van der Waals surface area (Å²) in [5.74, 6) is 0.249. The van der Waals surface area contributed by atoms with Gasteiger partial charge in [0.15, 0.2) is 0 Å². The van der Waals surface area contributed by atoms with E-state index in [-0.39, 0.29) is 5.91 Å². The van der Waals surface area contributed by atoms with Gasteiger partial charge in [0.2, 0.25) is 0 Å². The van der Waals surface area contributed by atoms with Crippen molar-refractivity contribution in [3.05, 3.63) is 41.4 Å². The minimum absolute atomic E-state index is 0.304. The number of hydrogen-bond acceptors (Lipinski definition) is 4. The van der Waals surface area contributed by atoms with Crippen LogP contribution in [0.3, 0.4) is 0 Å². The molecule has 0 aliphatic carbocycles. The topological polar surface area (TPSA) is 82.2 Å². The van der Waals surface area contributed by atoms with Gasteiger partial charge in [-0.3, -0.25) is 4.79 Å². The standard InChI is InChI=1S/C13H15ClN4O2/c1-20-12-3-2-9(6-10(12)14)17-13(19)11-7-18(5-4-15)8-16-11/h2-3,6-8H,4-5,15H2,1H3,(H,17,19). The fraction of sp³-hybridized carbons (Fsp3) is 0.231. The summed E-state index contributed by atoms with van der Waals surface area (Å²) in [7, 11) is 1.53. The summed E-state index contributed by atoms with van der Waals surface area (Å²) < 4.78 is 6.81. The molecular weight excluding hydrogens is 280 g/mol. The van der Waals surface area contributed by atoms with E-state index < -0.39 is 0 Å². The summed E-state index contributed by atoms with van der Waals surface area (Å²) in [6.07, 6.45) is 3.22. The predicted molar refractivity (Wildman–Crippen MR) is 77.2 cm³/mol. The van der Waals surface area contributed by atoms with Gasteiger partial charge in [0.25, 0.3) is 5.91 Å². The van der Waals surface area contributed by atoms with Crippen LogP contribution in [-0.4, -0.2) is 29.1 Å². The largest absolute Gasteiger partial charge is 0.495 e. The van der Waals surface area contributed by atoms with Gasteiger partial charge >= 0.3 is 0 Å². The average molecular weight is 295 g/mol. The van der Waals surface area contributed by atoms with Crippen LogP contribution in [0.5, 0.6) is 5.75 Å². The van der Waals surface area contributed by atoms with E-state index in [9.17, 15) is 4.79 Å². The van der Waals surface area contributed by atoms with Crippen molar-refractivity contribution in [1.82, 2.24) is 9.55 Å². The van der Waals surface area contributed by atoms with Gasteiger partial charge in [0.05, 0.1) is 18.5 Å². The summed E-state index contributed by atoms with van der Waals surface area (Å²) >= 11 is 5.99. The number of aromatic nitrogens is 2. The number of rotatable bonds is 5. The molecule has 0 atom stereocenters. The lowest BCUT2D eigenvalue weighted by Gasteiger charge is -2.06. The van der Waals surface area contributed by atoms with E-state index in [1.807, 2.05) is 0 Å². The highest BCUT2D eigenvalue weighted by Gasteiger charge is 2.10. The molecule has 2 rings (SSSR count). The zero-order chi connectivity index (χ0) is 14.5. The fourth-order valence-electron chi connectivity index (χ4n) is 1.69. The Labute approximate surface area is 121 Å². The summed E-state index contributed by atoms with van der Waals surface area (Å²) in [6.45, 7) is 1.11. The van der Waals surface area contributed by atoms with Crippen LogP contribution in [-0.2, 0) is 6.54 Å². The van der Waals surface area contributed by atoms with Crippen LogP contribution in [0.2, 0.25) is 5.02 Å². The van der Waals surface area contributed by atoms with E-state index in [1.165, 1.54) is 7.11 Å². The normalized spacial score (nSPS) is 10.3. The molecular formula is C13H15ClN4O2. The lowest BCUT2D eigenvalue weighted by atomic mass is 10.3. The minimum Gasteiger partial charge on any atom is -0.495 e. The Kier molecular flexibility index (Phi) is 4.60. The van der Waals surface area contributed by atoms with Crippen LogP contribution in [0.15, 0.2) is 30.7 Å². The third kappa shape index (κ3) is 3.28. The molecule has 0 saturated carbocycles. The molecule has 0 unspecified atom stereocenters. The van der Waals surface area contributed by atoms with E-state index in [0.717, 1.165) is 0 Å². The van der Waals surface area contributed by atoms with Gasteiger partial charge in [0, 0.05) is 25.0 Å². The molecule has 1 amide bonds. The van der Waals surface area contributed by atoms with Crippen LogP contribution in [0.1, 0.15) is 10.5 Å². The molecule has 6 nitrogen and oxygen atoms in total. The van der Waals surface area contributed by atoms with Crippen LogP contribution in [0.25, 0.3) is 0 Å². The maximum atomic E-state index is 12.0. The molecule has 1 heterocycles. The molecule has 2 aromatic rings. The number of nitrogens with two attached hydrogens (primary N) is 1.